The van der Waals surface area contributed by atoms with Crippen LogP contribution >= 0.6 is 11.6 Å². The Morgan fingerprint density at radius 1 is 1.23 bits per heavy atom. The van der Waals surface area contributed by atoms with Crippen molar-refractivity contribution in [1.82, 2.24) is 0 Å². The number of aliphatic hydroxyl groups is 1. The Balaban J connectivity index is 1.80. The fraction of sp³-hybridized carbons (Fsp3) is 0.529. The van der Waals surface area contributed by atoms with Gasteiger partial charge in [0.2, 0.25) is 11.8 Å². The maximum atomic E-state index is 13.1. The molecule has 0 radical (unpaired) electrons. The lowest BCUT2D eigenvalue weighted by molar-refractivity contribution is -0.138. The van der Waals surface area contributed by atoms with Crippen molar-refractivity contribution >= 4 is 29.1 Å². The van der Waals surface area contributed by atoms with Gasteiger partial charge in [0.25, 0.3) is 0 Å². The first kappa shape index (κ1) is 17.8. The van der Waals surface area contributed by atoms with E-state index in [1.165, 1.54) is 6.07 Å². The van der Waals surface area contributed by atoms with Crippen molar-refractivity contribution in [3.8, 4) is 0 Å². The molecule has 0 aromatic heterocycles. The first-order valence-corrected chi connectivity index (χ1v) is 8.41. The lowest BCUT2D eigenvalue weighted by Crippen LogP contribution is -2.49. The number of carbonyl (C=O) groups is 2. The van der Waals surface area contributed by atoms with Gasteiger partial charge in [-0.2, -0.15) is 13.2 Å². The zero-order chi connectivity index (χ0) is 19.2. The van der Waals surface area contributed by atoms with Gasteiger partial charge in [-0.25, -0.2) is 4.90 Å². The average Bonchev–Trinajstić information content (AvgIpc) is 3.01. The molecular formula is C17H15ClF3NO4. The summed E-state index contributed by atoms with van der Waals surface area (Å²) in [4.78, 5) is 26.6. The third kappa shape index (κ3) is 2.06. The third-order valence-electron chi connectivity index (χ3n) is 5.81. The zero-order valence-electron chi connectivity index (χ0n) is 13.8. The quantitative estimate of drug-likeness (QED) is 0.750. The molecule has 1 aromatic carbocycles. The first-order chi connectivity index (χ1) is 11.9. The Bertz CT molecular complexity index is 844. The molecular weight excluding hydrogens is 375 g/mol. The maximum absolute atomic E-state index is 13.1. The van der Waals surface area contributed by atoms with Gasteiger partial charge in [-0.05, 0) is 32.0 Å². The minimum absolute atomic E-state index is 0.186. The van der Waals surface area contributed by atoms with E-state index in [4.69, 9.17) is 16.3 Å². The number of hydrogen-bond donors (Lipinski definition) is 1. The molecule has 1 aromatic rings. The van der Waals surface area contributed by atoms with Crippen LogP contribution in [0.4, 0.5) is 18.9 Å². The molecule has 0 spiro atoms. The predicted octanol–water partition coefficient (Wildman–Crippen LogP) is 2.78. The molecule has 2 amide bonds. The Labute approximate surface area is 151 Å². The highest BCUT2D eigenvalue weighted by atomic mass is 35.5. The van der Waals surface area contributed by atoms with Crippen LogP contribution in [0.5, 0.6) is 0 Å². The van der Waals surface area contributed by atoms with Crippen molar-refractivity contribution in [3.63, 3.8) is 0 Å². The highest BCUT2D eigenvalue weighted by molar-refractivity contribution is 6.31. The number of fused-ring (bicyclic) bond motifs is 5. The number of alkyl halides is 3. The minimum Gasteiger partial charge on any atom is -0.390 e. The van der Waals surface area contributed by atoms with Crippen molar-refractivity contribution < 1.29 is 32.6 Å². The van der Waals surface area contributed by atoms with Crippen LogP contribution in [0.25, 0.3) is 0 Å². The predicted molar refractivity (Wildman–Crippen MR) is 84.4 cm³/mol. The molecule has 3 saturated heterocycles. The summed E-state index contributed by atoms with van der Waals surface area (Å²) in [5, 5.41) is 9.75. The highest BCUT2D eigenvalue weighted by Crippen LogP contribution is 2.61. The van der Waals surface area contributed by atoms with Crippen LogP contribution in [-0.2, 0) is 20.5 Å². The van der Waals surface area contributed by atoms with E-state index in [2.05, 4.69) is 0 Å². The summed E-state index contributed by atoms with van der Waals surface area (Å²) in [5.74, 6) is -3.06. The summed E-state index contributed by atoms with van der Waals surface area (Å²) < 4.78 is 45.2. The molecule has 0 saturated carbocycles. The van der Waals surface area contributed by atoms with Crippen LogP contribution in [0.15, 0.2) is 18.2 Å². The first-order valence-electron chi connectivity index (χ1n) is 8.03. The van der Waals surface area contributed by atoms with Crippen LogP contribution in [-0.4, -0.2) is 34.2 Å². The second kappa shape index (κ2) is 4.99. The van der Waals surface area contributed by atoms with E-state index in [1.54, 1.807) is 13.8 Å². The number of hydrogen-bond acceptors (Lipinski definition) is 4. The number of ether oxygens (including phenoxy) is 1. The SMILES string of the molecule is C[C@@]12O[C@@](C)(C[C@@H]1O)[C@H]1C(=O)N(c3ccc(Cl)c(C(F)(F)F)c3)C(=O)[C@H]12. The number of amides is 2. The van der Waals surface area contributed by atoms with E-state index in [0.29, 0.717) is 6.07 Å². The van der Waals surface area contributed by atoms with E-state index in [-0.39, 0.29) is 12.1 Å². The van der Waals surface area contributed by atoms with E-state index in [0.717, 1.165) is 11.0 Å². The summed E-state index contributed by atoms with van der Waals surface area (Å²) in [7, 11) is 0. The molecule has 3 heterocycles. The van der Waals surface area contributed by atoms with Crippen molar-refractivity contribution in [2.45, 2.75) is 43.8 Å². The summed E-state index contributed by atoms with van der Waals surface area (Å²) in [6.45, 7) is 3.20. The van der Waals surface area contributed by atoms with Crippen LogP contribution in [0, 0.1) is 11.8 Å². The zero-order valence-corrected chi connectivity index (χ0v) is 14.6. The minimum atomic E-state index is -4.72. The third-order valence-corrected chi connectivity index (χ3v) is 6.14. The number of carbonyl (C=O) groups excluding carboxylic acids is 2. The normalized spacial score (nSPS) is 39.0. The number of rotatable bonds is 1. The fourth-order valence-electron chi connectivity index (χ4n) is 4.65. The lowest BCUT2D eigenvalue weighted by Gasteiger charge is -2.31. The average molecular weight is 390 g/mol. The van der Waals surface area contributed by atoms with E-state index in [9.17, 15) is 27.9 Å². The largest absolute Gasteiger partial charge is 0.417 e. The van der Waals surface area contributed by atoms with Crippen LogP contribution < -0.4 is 4.90 Å². The molecule has 26 heavy (non-hydrogen) atoms. The molecule has 4 rings (SSSR count). The Morgan fingerprint density at radius 3 is 2.46 bits per heavy atom. The Kier molecular flexibility index (Phi) is 3.41. The summed E-state index contributed by atoms with van der Waals surface area (Å²) in [6.07, 6.45) is -5.46. The number of benzene rings is 1. The summed E-state index contributed by atoms with van der Waals surface area (Å²) >= 11 is 5.61. The van der Waals surface area contributed by atoms with Gasteiger partial charge in [0, 0.05) is 6.42 Å². The number of halogens is 4. The number of nitrogens with zero attached hydrogens (tertiary/aromatic N) is 1. The van der Waals surface area contributed by atoms with Crippen LogP contribution in [0.1, 0.15) is 25.8 Å². The number of anilines is 1. The van der Waals surface area contributed by atoms with Gasteiger partial charge in [-0.3, -0.25) is 9.59 Å². The standard InChI is InChI=1S/C17H15ClF3NO4/c1-15-6-10(23)16(2,26-15)12-11(15)13(24)22(14(12)25)7-3-4-9(18)8(5-7)17(19,20)21/h3-5,10-12,23H,6H2,1-2H3/t10-,11+,12-,15-,16+/m0/s1. The maximum Gasteiger partial charge on any atom is 0.417 e. The van der Waals surface area contributed by atoms with E-state index >= 15 is 0 Å². The second-order valence-electron chi connectivity index (χ2n) is 7.45. The molecule has 1 N–H and O–H groups in total. The smallest absolute Gasteiger partial charge is 0.390 e. The molecule has 3 aliphatic heterocycles. The van der Waals surface area contributed by atoms with Gasteiger partial charge in [0.15, 0.2) is 0 Å². The Hall–Kier alpha value is -1.64. The van der Waals surface area contributed by atoms with Gasteiger partial charge in [-0.15, -0.1) is 0 Å². The van der Waals surface area contributed by atoms with Gasteiger partial charge in [0.05, 0.1) is 39.8 Å². The monoisotopic (exact) mass is 389 g/mol. The Morgan fingerprint density at radius 2 is 1.85 bits per heavy atom. The van der Waals surface area contributed by atoms with Gasteiger partial charge in [-0.1, -0.05) is 11.6 Å². The molecule has 9 heteroatoms. The van der Waals surface area contributed by atoms with Crippen molar-refractivity contribution in [1.29, 1.82) is 0 Å². The van der Waals surface area contributed by atoms with Crippen LogP contribution in [0.3, 0.4) is 0 Å². The van der Waals surface area contributed by atoms with Gasteiger partial charge < -0.3 is 9.84 Å². The molecule has 5 atom stereocenters. The molecule has 3 aliphatic rings. The molecule has 0 unspecified atom stereocenters. The lowest BCUT2D eigenvalue weighted by atomic mass is 9.67. The molecule has 5 nitrogen and oxygen atoms in total. The van der Waals surface area contributed by atoms with E-state index < -0.39 is 57.7 Å². The summed E-state index contributed by atoms with van der Waals surface area (Å²) in [5.41, 5.74) is -3.57. The van der Waals surface area contributed by atoms with Gasteiger partial charge in [0.1, 0.15) is 5.60 Å². The molecule has 3 fully saturated rings. The van der Waals surface area contributed by atoms with Crippen molar-refractivity contribution in [2.75, 3.05) is 4.90 Å². The van der Waals surface area contributed by atoms with Crippen LogP contribution in [0.2, 0.25) is 5.02 Å². The molecule has 2 bridgehead atoms. The fourth-order valence-corrected chi connectivity index (χ4v) is 4.87. The molecule has 140 valence electrons. The second-order valence-corrected chi connectivity index (χ2v) is 7.85. The number of aliphatic hydroxyl groups excluding tert-OH is 1. The van der Waals surface area contributed by atoms with Crippen molar-refractivity contribution in [3.05, 3.63) is 28.8 Å². The topological polar surface area (TPSA) is 66.8 Å². The van der Waals surface area contributed by atoms with Crippen molar-refractivity contribution in [2.24, 2.45) is 11.8 Å². The van der Waals surface area contributed by atoms with E-state index in [1.807, 2.05) is 0 Å². The van der Waals surface area contributed by atoms with Gasteiger partial charge >= 0.3 is 6.18 Å². The highest BCUT2D eigenvalue weighted by Gasteiger charge is 2.75. The summed E-state index contributed by atoms with van der Waals surface area (Å²) in [6, 6.07) is 2.92. The molecule has 0 aliphatic carbocycles. The number of imide groups is 1.